The molecule has 2 aliphatic carbocycles. The van der Waals surface area contributed by atoms with Crippen LogP contribution in [0.15, 0.2) is 76.6 Å². The van der Waals surface area contributed by atoms with Gasteiger partial charge in [0.2, 0.25) is 11.8 Å². The van der Waals surface area contributed by atoms with Crippen molar-refractivity contribution in [3.63, 3.8) is 0 Å². The van der Waals surface area contributed by atoms with Gasteiger partial charge in [-0.25, -0.2) is 9.69 Å². The Morgan fingerprint density at radius 1 is 1.00 bits per heavy atom. The van der Waals surface area contributed by atoms with Gasteiger partial charge in [-0.3, -0.25) is 19.2 Å². The maximum absolute atomic E-state index is 14.1. The van der Waals surface area contributed by atoms with Crippen LogP contribution in [0, 0.1) is 29.6 Å². The summed E-state index contributed by atoms with van der Waals surface area (Å²) < 4.78 is 53.3. The quantitative estimate of drug-likeness (QED) is 0.145. The second kappa shape index (κ2) is 13.4. The fourth-order valence-electron chi connectivity index (χ4n) is 8.65. The lowest BCUT2D eigenvalue weighted by Crippen LogP contribution is -2.42. The van der Waals surface area contributed by atoms with Crippen molar-refractivity contribution in [3.05, 3.63) is 103 Å². The van der Waals surface area contributed by atoms with Crippen LogP contribution in [0.25, 0.3) is 0 Å². The topological polar surface area (TPSA) is 135 Å². The number of hydrogen-bond donors (Lipinski definition) is 2. The molecule has 2 N–H and O–H groups in total. The number of nitrogens with zero attached hydrogens (tertiary/aromatic N) is 1. The molecule has 2 aliphatic heterocycles. The Morgan fingerprint density at radius 3 is 2.43 bits per heavy atom. The Morgan fingerprint density at radius 2 is 1.72 bits per heavy atom. The summed E-state index contributed by atoms with van der Waals surface area (Å²) in [7, 11) is 0. The molecule has 2 saturated carbocycles. The number of aromatic amines is 1. The predicted molar refractivity (Wildman–Crippen MR) is 190 cm³/mol. The molecular formula is C37H29ClF3N3O7S2. The number of hydrogen-bond acceptors (Lipinski definition) is 9. The minimum atomic E-state index is -4.78. The number of halogens is 4. The number of amides is 3. The molecule has 8 rings (SSSR count). The van der Waals surface area contributed by atoms with E-state index in [9.17, 15) is 37.1 Å². The van der Waals surface area contributed by atoms with E-state index in [4.69, 9.17) is 21.1 Å². The van der Waals surface area contributed by atoms with Crippen LogP contribution in [-0.4, -0.2) is 47.1 Å². The highest BCUT2D eigenvalue weighted by atomic mass is 35.5. The van der Waals surface area contributed by atoms with Crippen LogP contribution in [0.2, 0.25) is 5.02 Å². The first-order valence-corrected chi connectivity index (χ1v) is 18.9. The fraction of sp³-hybridized carbons (Fsp3) is 0.324. The summed E-state index contributed by atoms with van der Waals surface area (Å²) in [6.07, 6.45) is -4.27. The smallest absolute Gasteiger partial charge is 0.418 e. The summed E-state index contributed by atoms with van der Waals surface area (Å²) in [6, 6.07) is 15.7. The summed E-state index contributed by atoms with van der Waals surface area (Å²) in [6.45, 7) is 1.52. The van der Waals surface area contributed by atoms with Crippen molar-refractivity contribution in [2.24, 2.45) is 29.6 Å². The average molecular weight is 784 g/mol. The van der Waals surface area contributed by atoms with E-state index in [0.29, 0.717) is 43.9 Å². The molecule has 1 saturated heterocycles. The van der Waals surface area contributed by atoms with Crippen molar-refractivity contribution in [1.29, 1.82) is 0 Å². The lowest BCUT2D eigenvalue weighted by molar-refractivity contribution is -0.137. The van der Waals surface area contributed by atoms with E-state index in [1.54, 1.807) is 37.3 Å². The zero-order valence-electron chi connectivity index (χ0n) is 27.6. The van der Waals surface area contributed by atoms with Gasteiger partial charge in [0.05, 0.1) is 40.3 Å². The summed E-state index contributed by atoms with van der Waals surface area (Å²) in [5.74, 6) is -5.20. The monoisotopic (exact) mass is 783 g/mol. The number of thiazole rings is 1. The second-order valence-electron chi connectivity index (χ2n) is 13.3. The average Bonchev–Trinajstić information content (AvgIpc) is 3.86. The Bertz CT molecular complexity index is 2230. The minimum Gasteiger partial charge on any atom is -0.483 e. The van der Waals surface area contributed by atoms with Gasteiger partial charge < -0.3 is 19.8 Å². The zero-order valence-corrected chi connectivity index (χ0v) is 30.0. The first kappa shape index (κ1) is 35.4. The number of benzene rings is 3. The van der Waals surface area contributed by atoms with Gasteiger partial charge in [-0.2, -0.15) is 13.2 Å². The Hall–Kier alpha value is -4.60. The summed E-state index contributed by atoms with van der Waals surface area (Å²) in [4.78, 5) is 69.9. The summed E-state index contributed by atoms with van der Waals surface area (Å²) in [5, 5.41) is 3.45. The molecular weight excluding hydrogens is 755 g/mol. The van der Waals surface area contributed by atoms with Crippen molar-refractivity contribution >= 4 is 69.8 Å². The number of alkyl halides is 3. The highest BCUT2D eigenvalue weighted by molar-refractivity contribution is 8.00. The van der Waals surface area contributed by atoms with E-state index >= 15 is 0 Å². The molecule has 16 heteroatoms. The van der Waals surface area contributed by atoms with E-state index in [2.05, 4.69) is 10.3 Å². The van der Waals surface area contributed by atoms with Gasteiger partial charge in [-0.05, 0) is 85.7 Å². The van der Waals surface area contributed by atoms with Crippen molar-refractivity contribution in [2.75, 3.05) is 23.4 Å². The number of ether oxygens (including phenoxy) is 2. The van der Waals surface area contributed by atoms with Gasteiger partial charge in [0.15, 0.2) is 6.61 Å². The highest BCUT2D eigenvalue weighted by Gasteiger charge is 2.70. The molecule has 2 bridgehead atoms. The third-order valence-electron chi connectivity index (χ3n) is 10.5. The van der Waals surface area contributed by atoms with E-state index in [0.717, 1.165) is 28.4 Å². The Balaban J connectivity index is 1.10. The molecule has 3 fully saturated rings. The Labute approximate surface area is 313 Å². The zero-order chi connectivity index (χ0) is 37.3. The number of carbonyl (C=O) groups excluding carboxylic acids is 4. The molecule has 274 valence electrons. The van der Waals surface area contributed by atoms with Crippen LogP contribution in [-0.2, 0) is 25.3 Å². The molecule has 7 atom stereocenters. The number of esters is 1. The van der Waals surface area contributed by atoms with E-state index in [1.807, 2.05) is 0 Å². The molecule has 4 aliphatic rings. The number of anilines is 2. The number of fused-ring (bicyclic) bond motifs is 9. The fourth-order valence-corrected chi connectivity index (χ4v) is 11.7. The van der Waals surface area contributed by atoms with Crippen LogP contribution >= 0.6 is 34.7 Å². The molecule has 10 nitrogen and oxygen atoms in total. The number of imide groups is 1. The number of nitrogens with one attached hydrogen (secondary N) is 2. The van der Waals surface area contributed by atoms with Gasteiger partial charge in [-0.15, -0.1) is 11.8 Å². The maximum Gasteiger partial charge on any atom is 0.418 e. The normalized spacial score (nSPS) is 25.5. The molecule has 0 radical (unpaired) electrons. The number of rotatable bonds is 8. The van der Waals surface area contributed by atoms with Crippen molar-refractivity contribution in [3.8, 4) is 5.75 Å². The van der Waals surface area contributed by atoms with E-state index in [1.165, 1.54) is 36.0 Å². The van der Waals surface area contributed by atoms with Crippen molar-refractivity contribution in [1.82, 2.24) is 4.98 Å². The lowest BCUT2D eigenvalue weighted by atomic mass is 9.68. The van der Waals surface area contributed by atoms with E-state index < -0.39 is 71.4 Å². The van der Waals surface area contributed by atoms with E-state index in [-0.39, 0.29) is 28.6 Å². The molecule has 53 heavy (non-hydrogen) atoms. The molecule has 0 spiro atoms. The standard InChI is InChI=1S/C37H29ClF3N3O7S2/c1-2-50-35(48)16-7-10-18(11-8-16)42-25(45)15-51-24-12-9-17(38)13-19(24)26-27-20-14-21(30(27)52-32-31(26)53-36(49)43-32)29-28(20)33(46)44(34(29)47)23-6-4-3-5-22(23)37(39,40)41/h3-13,20-21,26-30H,2,14-15H2,1H3,(H,42,45)(H,43,49)/t20?,21?,26-,27?,28?,29?,30?/m1/s1. The van der Waals surface area contributed by atoms with Crippen molar-refractivity contribution in [2.45, 2.75) is 35.7 Å². The molecule has 3 amide bonds. The SMILES string of the molecule is CCOC(=O)c1ccc(NC(=O)COc2ccc(Cl)cc2[C@H]2c3sc(=O)[nH]c3SC3C4CC(C5C(=O)N(c6ccccc6C(F)(F)F)C(=O)C45)C32)cc1. The van der Waals surface area contributed by atoms with Gasteiger partial charge in [0.1, 0.15) is 5.75 Å². The number of carbonyl (C=O) groups is 4. The Kier molecular flexibility index (Phi) is 8.93. The van der Waals surface area contributed by atoms with Crippen LogP contribution in [0.1, 0.15) is 45.6 Å². The molecule has 6 unspecified atom stereocenters. The van der Waals surface area contributed by atoms with Gasteiger partial charge in [0, 0.05) is 32.3 Å². The van der Waals surface area contributed by atoms with Crippen LogP contribution in [0.4, 0.5) is 24.5 Å². The largest absolute Gasteiger partial charge is 0.483 e. The minimum absolute atomic E-state index is 0.228. The van der Waals surface area contributed by atoms with Crippen LogP contribution in [0.3, 0.4) is 0 Å². The number of H-pyrrole nitrogens is 1. The first-order chi connectivity index (χ1) is 25.3. The second-order valence-corrected chi connectivity index (χ2v) is 15.9. The first-order valence-electron chi connectivity index (χ1n) is 16.8. The number of para-hydroxylation sites is 1. The predicted octanol–water partition coefficient (Wildman–Crippen LogP) is 6.98. The highest BCUT2D eigenvalue weighted by Crippen LogP contribution is 2.69. The maximum atomic E-state index is 14.1. The lowest BCUT2D eigenvalue weighted by Gasteiger charge is -2.43. The number of thioether (sulfide) groups is 1. The van der Waals surface area contributed by atoms with Crippen LogP contribution < -0.4 is 19.8 Å². The molecule has 4 aromatic rings. The third kappa shape index (κ3) is 6.02. The van der Waals surface area contributed by atoms with Crippen molar-refractivity contribution < 1.29 is 41.8 Å². The summed E-state index contributed by atoms with van der Waals surface area (Å²) in [5.41, 5.74) is -0.195. The van der Waals surface area contributed by atoms with Gasteiger partial charge in [-0.1, -0.05) is 35.1 Å². The molecule has 1 aromatic heterocycles. The van der Waals surface area contributed by atoms with Crippen LogP contribution in [0.5, 0.6) is 5.75 Å². The molecule has 3 heterocycles. The van der Waals surface area contributed by atoms with Gasteiger partial charge >= 0.3 is 17.0 Å². The third-order valence-corrected chi connectivity index (χ3v) is 13.3. The van der Waals surface area contributed by atoms with Gasteiger partial charge in [0.25, 0.3) is 5.91 Å². The number of aromatic nitrogens is 1. The summed E-state index contributed by atoms with van der Waals surface area (Å²) >= 11 is 8.99. The molecule has 3 aromatic carbocycles.